The molecular weight excluding hydrogens is 532 g/mol. The number of hydrogen-bond donors (Lipinski definition) is 1. The van der Waals surface area contributed by atoms with Crippen molar-refractivity contribution in [2.75, 3.05) is 26.5 Å². The highest BCUT2D eigenvalue weighted by Gasteiger charge is 2.28. The number of rotatable bonds is 11. The number of hydrogen-bond acceptors (Lipinski definition) is 6. The van der Waals surface area contributed by atoms with Gasteiger partial charge in [-0.1, -0.05) is 0 Å². The van der Waals surface area contributed by atoms with Gasteiger partial charge in [0.25, 0.3) is 0 Å². The maximum absolute atomic E-state index is 12.7. The highest BCUT2D eigenvalue weighted by atomic mass is 127. The predicted molar refractivity (Wildman–Crippen MR) is 129 cm³/mol. The van der Waals surface area contributed by atoms with E-state index in [9.17, 15) is 14.0 Å². The van der Waals surface area contributed by atoms with E-state index in [1.807, 2.05) is 18.2 Å². The Labute approximate surface area is 203 Å². The lowest BCUT2D eigenvalue weighted by atomic mass is 10.0. The minimum Gasteiger partial charge on any atom is -0.491 e. The third-order valence-corrected chi connectivity index (χ3v) is 4.87. The van der Waals surface area contributed by atoms with E-state index in [0.717, 1.165) is 9.13 Å². The van der Waals surface area contributed by atoms with Gasteiger partial charge in [-0.05, 0) is 101 Å². The zero-order valence-electron chi connectivity index (χ0n) is 19.8. The summed E-state index contributed by atoms with van der Waals surface area (Å²) < 4.78 is 34.6. The molecular formula is C23H35FINO6. The van der Waals surface area contributed by atoms with Crippen LogP contribution in [0, 0.1) is 3.57 Å². The molecule has 0 heterocycles. The van der Waals surface area contributed by atoms with Crippen molar-refractivity contribution in [3.05, 3.63) is 27.3 Å². The number of ether oxygens (including phenoxy) is 4. The van der Waals surface area contributed by atoms with Gasteiger partial charge in [0.1, 0.15) is 36.3 Å². The van der Waals surface area contributed by atoms with E-state index in [1.165, 1.54) is 0 Å². The number of aryl methyl sites for hydroxylation is 1. The van der Waals surface area contributed by atoms with E-state index >= 15 is 0 Å². The number of amides is 1. The molecule has 182 valence electrons. The Bertz CT molecular complexity index is 745. The molecule has 0 unspecified atom stereocenters. The van der Waals surface area contributed by atoms with Crippen LogP contribution in [0.3, 0.4) is 0 Å². The number of carbonyl (C=O) groups excluding carboxylic acids is 2. The first-order valence-corrected chi connectivity index (χ1v) is 11.7. The van der Waals surface area contributed by atoms with Gasteiger partial charge in [0, 0.05) is 3.57 Å². The molecule has 1 rings (SSSR count). The summed E-state index contributed by atoms with van der Waals surface area (Å²) >= 11 is 2.21. The Morgan fingerprint density at radius 3 is 2.28 bits per heavy atom. The van der Waals surface area contributed by atoms with E-state index < -0.39 is 36.0 Å². The van der Waals surface area contributed by atoms with Crippen molar-refractivity contribution in [1.29, 1.82) is 0 Å². The largest absolute Gasteiger partial charge is 0.491 e. The van der Waals surface area contributed by atoms with Crippen LogP contribution in [0.5, 0.6) is 5.75 Å². The van der Waals surface area contributed by atoms with Crippen molar-refractivity contribution < 1.29 is 32.9 Å². The van der Waals surface area contributed by atoms with Gasteiger partial charge in [0.15, 0.2) is 0 Å². The highest BCUT2D eigenvalue weighted by molar-refractivity contribution is 14.1. The molecule has 0 aliphatic carbocycles. The van der Waals surface area contributed by atoms with E-state index in [0.29, 0.717) is 31.8 Å². The summed E-state index contributed by atoms with van der Waals surface area (Å²) in [6.07, 6.45) is 0.161. The average molecular weight is 567 g/mol. The van der Waals surface area contributed by atoms with Crippen molar-refractivity contribution in [2.24, 2.45) is 0 Å². The van der Waals surface area contributed by atoms with E-state index in [-0.39, 0.29) is 6.61 Å². The lowest BCUT2D eigenvalue weighted by molar-refractivity contribution is -0.157. The van der Waals surface area contributed by atoms with Gasteiger partial charge in [0.05, 0.1) is 13.2 Å². The molecule has 0 aromatic heterocycles. The quantitative estimate of drug-likeness (QED) is 0.235. The van der Waals surface area contributed by atoms with Crippen LogP contribution in [0.2, 0.25) is 0 Å². The first-order chi connectivity index (χ1) is 14.8. The Morgan fingerprint density at radius 2 is 1.69 bits per heavy atom. The zero-order chi connectivity index (χ0) is 24.4. The molecule has 7 nitrogen and oxygen atoms in total. The Balaban J connectivity index is 2.83. The summed E-state index contributed by atoms with van der Waals surface area (Å²) in [5, 5.41) is 2.64. The van der Waals surface area contributed by atoms with Crippen molar-refractivity contribution >= 4 is 34.7 Å². The second-order valence-corrected chi connectivity index (χ2v) is 10.3. The number of halogens is 2. The third-order valence-electron chi connectivity index (χ3n) is 3.82. The molecule has 32 heavy (non-hydrogen) atoms. The van der Waals surface area contributed by atoms with E-state index in [2.05, 4.69) is 27.9 Å². The van der Waals surface area contributed by atoms with Crippen LogP contribution >= 0.6 is 22.6 Å². The molecule has 0 saturated carbocycles. The number of benzene rings is 1. The summed E-state index contributed by atoms with van der Waals surface area (Å²) in [6.45, 7) is 10.7. The lowest BCUT2D eigenvalue weighted by Gasteiger charge is -2.26. The Morgan fingerprint density at radius 1 is 1.03 bits per heavy atom. The number of nitrogens with one attached hydrogen (secondary N) is 1. The minimum absolute atomic E-state index is 0.0536. The molecule has 0 aliphatic rings. The lowest BCUT2D eigenvalue weighted by Crippen LogP contribution is -2.46. The standard InChI is InChI=1S/C23H35FINO6/c1-22(2,3)31-20(27)19(26-21(28)32-23(4,5)6)10-7-16-15-17(8-9-18(16)25)30-14-13-29-12-11-24/h8-9,15,19H,7,10-14H2,1-6H3,(H,26,28)/t19-/m0/s1. The first-order valence-electron chi connectivity index (χ1n) is 10.6. The minimum atomic E-state index is -0.862. The summed E-state index contributed by atoms with van der Waals surface area (Å²) in [5.74, 6) is 0.133. The number of esters is 1. The van der Waals surface area contributed by atoms with Crippen LogP contribution in [0.4, 0.5) is 9.18 Å². The molecule has 0 aliphatic heterocycles. The van der Waals surface area contributed by atoms with Crippen LogP contribution in [0.15, 0.2) is 18.2 Å². The second-order valence-electron chi connectivity index (χ2n) is 9.17. The van der Waals surface area contributed by atoms with Crippen LogP contribution < -0.4 is 10.1 Å². The van der Waals surface area contributed by atoms with Gasteiger partial charge in [-0.25, -0.2) is 14.0 Å². The Hall–Kier alpha value is -1.62. The maximum atomic E-state index is 12.7. The van der Waals surface area contributed by atoms with Crippen LogP contribution in [0.1, 0.15) is 53.5 Å². The smallest absolute Gasteiger partial charge is 0.408 e. The van der Waals surface area contributed by atoms with Crippen LogP contribution in [0.25, 0.3) is 0 Å². The molecule has 0 radical (unpaired) electrons. The van der Waals surface area contributed by atoms with Gasteiger partial charge < -0.3 is 24.3 Å². The summed E-state index contributed by atoms with van der Waals surface area (Å²) in [5.41, 5.74) is -0.401. The average Bonchev–Trinajstić information content (AvgIpc) is 2.64. The maximum Gasteiger partial charge on any atom is 0.408 e. The van der Waals surface area contributed by atoms with Crippen molar-refractivity contribution in [3.8, 4) is 5.75 Å². The fourth-order valence-corrected chi connectivity index (χ4v) is 3.18. The summed E-state index contributed by atoms with van der Waals surface area (Å²) in [6, 6.07) is 4.78. The molecule has 0 spiro atoms. The van der Waals surface area contributed by atoms with Gasteiger partial charge in [-0.3, -0.25) is 0 Å². The number of alkyl carbamates (subject to hydrolysis) is 1. The normalized spacial score (nSPS) is 12.8. The molecule has 1 amide bonds. The first kappa shape index (κ1) is 28.4. The SMILES string of the molecule is CC(C)(C)OC(=O)N[C@@H](CCc1cc(OCCOCCF)ccc1I)C(=O)OC(C)(C)C. The topological polar surface area (TPSA) is 83.1 Å². The van der Waals surface area contributed by atoms with Gasteiger partial charge in [-0.15, -0.1) is 0 Å². The van der Waals surface area contributed by atoms with Gasteiger partial charge in [-0.2, -0.15) is 0 Å². The van der Waals surface area contributed by atoms with Crippen LogP contribution in [-0.2, 0) is 25.4 Å². The number of alkyl halides is 1. The molecule has 1 atom stereocenters. The fourth-order valence-electron chi connectivity index (χ4n) is 2.58. The molecule has 0 saturated heterocycles. The summed E-state index contributed by atoms with van der Waals surface area (Å²) in [7, 11) is 0. The fraction of sp³-hybridized carbons (Fsp3) is 0.652. The molecule has 1 N–H and O–H groups in total. The van der Waals surface area contributed by atoms with Gasteiger partial charge >= 0.3 is 12.1 Å². The van der Waals surface area contributed by atoms with Crippen LogP contribution in [-0.4, -0.2) is 55.8 Å². The van der Waals surface area contributed by atoms with Crippen molar-refractivity contribution in [3.63, 3.8) is 0 Å². The molecule has 0 fully saturated rings. The second kappa shape index (κ2) is 13.2. The number of carbonyl (C=O) groups is 2. The summed E-state index contributed by atoms with van der Waals surface area (Å²) in [4.78, 5) is 25.0. The third kappa shape index (κ3) is 12.4. The van der Waals surface area contributed by atoms with Crippen molar-refractivity contribution in [2.45, 2.75) is 71.6 Å². The van der Waals surface area contributed by atoms with E-state index in [1.54, 1.807) is 41.5 Å². The molecule has 9 heteroatoms. The predicted octanol–water partition coefficient (Wildman–Crippen LogP) is 4.82. The molecule has 1 aromatic carbocycles. The monoisotopic (exact) mass is 567 g/mol. The van der Waals surface area contributed by atoms with Crippen molar-refractivity contribution in [1.82, 2.24) is 5.32 Å². The van der Waals surface area contributed by atoms with E-state index in [4.69, 9.17) is 18.9 Å². The molecule has 1 aromatic rings. The molecule has 0 bridgehead atoms. The highest BCUT2D eigenvalue weighted by Crippen LogP contribution is 2.22. The zero-order valence-corrected chi connectivity index (χ0v) is 21.9. The Kier molecular flexibility index (Phi) is 11.7. The van der Waals surface area contributed by atoms with Gasteiger partial charge in [0.2, 0.25) is 0 Å².